The molecule has 0 spiro atoms. The number of carbonyl (C=O) groups is 2. The zero-order chi connectivity index (χ0) is 23.8. The topological polar surface area (TPSA) is 65.1 Å². The Morgan fingerprint density at radius 2 is 1.82 bits per heavy atom. The number of carbonyl (C=O) groups excluding carboxylic acids is 2. The number of piperidine rings is 1. The van der Waals surface area contributed by atoms with E-state index in [1.165, 1.54) is 11.0 Å². The Kier molecular flexibility index (Phi) is 8.44. The van der Waals surface area contributed by atoms with Crippen LogP contribution in [0, 0.1) is 5.82 Å². The molecule has 3 rings (SSSR count). The number of hydrogen-bond acceptors (Lipinski definition) is 5. The average Bonchev–Trinajstić information content (AvgIpc) is 2.76. The Hall–Kier alpha value is -2.93. The highest BCUT2D eigenvalue weighted by Crippen LogP contribution is 2.28. The number of ketones is 1. The average molecular weight is 458 g/mol. The minimum absolute atomic E-state index is 0.00720. The van der Waals surface area contributed by atoms with Crippen LogP contribution in [-0.2, 0) is 20.9 Å². The predicted octanol–water partition coefficient (Wildman–Crippen LogP) is 5.10. The Bertz CT molecular complexity index is 938. The molecule has 1 atom stereocenters. The maximum atomic E-state index is 13.5. The van der Waals surface area contributed by atoms with Gasteiger partial charge in [0.25, 0.3) is 0 Å². The number of rotatable bonds is 8. The van der Waals surface area contributed by atoms with Crippen LogP contribution in [0.4, 0.5) is 9.18 Å². The van der Waals surface area contributed by atoms with Crippen molar-refractivity contribution >= 4 is 11.9 Å². The third-order valence-electron chi connectivity index (χ3n) is 5.27. The summed E-state index contributed by atoms with van der Waals surface area (Å²) in [7, 11) is 0. The molecule has 7 heteroatoms. The molecular formula is C26H32FNO5. The molecule has 0 aliphatic carbocycles. The number of ether oxygens (including phenoxy) is 3. The Morgan fingerprint density at radius 3 is 2.48 bits per heavy atom. The van der Waals surface area contributed by atoms with Crippen molar-refractivity contribution < 1.29 is 28.2 Å². The van der Waals surface area contributed by atoms with Crippen LogP contribution in [0.25, 0.3) is 0 Å². The number of likely N-dealkylation sites (tertiary alicyclic amines) is 1. The lowest BCUT2D eigenvalue weighted by Crippen LogP contribution is -2.45. The van der Waals surface area contributed by atoms with Crippen molar-refractivity contribution in [1.82, 2.24) is 4.90 Å². The predicted molar refractivity (Wildman–Crippen MR) is 123 cm³/mol. The summed E-state index contributed by atoms with van der Waals surface area (Å²) in [6.45, 7) is 7.15. The molecule has 0 bridgehead atoms. The van der Waals surface area contributed by atoms with Crippen LogP contribution in [0.5, 0.6) is 5.75 Å². The van der Waals surface area contributed by atoms with Crippen molar-refractivity contribution in [3.8, 4) is 5.75 Å². The number of benzene rings is 2. The molecule has 1 saturated heterocycles. The zero-order valence-corrected chi connectivity index (χ0v) is 19.5. The molecule has 0 N–H and O–H groups in total. The zero-order valence-electron chi connectivity index (χ0n) is 19.5. The second-order valence-corrected chi connectivity index (χ2v) is 9.12. The summed E-state index contributed by atoms with van der Waals surface area (Å²) in [5.41, 5.74) is 0.878. The van der Waals surface area contributed by atoms with Crippen LogP contribution in [0.2, 0.25) is 0 Å². The van der Waals surface area contributed by atoms with E-state index in [0.717, 1.165) is 5.56 Å². The minimum Gasteiger partial charge on any atom is -0.494 e. The van der Waals surface area contributed by atoms with Crippen LogP contribution < -0.4 is 4.74 Å². The summed E-state index contributed by atoms with van der Waals surface area (Å²) >= 11 is 0. The van der Waals surface area contributed by atoms with Crippen molar-refractivity contribution in [1.29, 1.82) is 0 Å². The third kappa shape index (κ3) is 7.56. The molecule has 1 amide bonds. The van der Waals surface area contributed by atoms with E-state index >= 15 is 0 Å². The summed E-state index contributed by atoms with van der Waals surface area (Å²) in [5, 5.41) is 0. The first-order chi connectivity index (χ1) is 15.7. The lowest BCUT2D eigenvalue weighted by atomic mass is 9.88. The molecule has 0 saturated carbocycles. The van der Waals surface area contributed by atoms with Gasteiger partial charge in [-0.15, -0.1) is 0 Å². The van der Waals surface area contributed by atoms with Gasteiger partial charge in [0.05, 0.1) is 26.4 Å². The van der Waals surface area contributed by atoms with Crippen molar-refractivity contribution in [3.63, 3.8) is 0 Å². The summed E-state index contributed by atoms with van der Waals surface area (Å²) in [5.74, 6) is 0.228. The molecule has 1 fully saturated rings. The fourth-order valence-corrected chi connectivity index (χ4v) is 3.60. The normalized spacial score (nSPS) is 16.5. The Morgan fingerprint density at radius 1 is 1.09 bits per heavy atom. The summed E-state index contributed by atoms with van der Waals surface area (Å²) in [6.07, 6.45) is 0.797. The highest BCUT2D eigenvalue weighted by atomic mass is 19.1. The van der Waals surface area contributed by atoms with Crippen molar-refractivity contribution in [3.05, 3.63) is 65.5 Å². The minimum atomic E-state index is -0.585. The largest absolute Gasteiger partial charge is 0.494 e. The molecule has 1 heterocycles. The number of amides is 1. The first kappa shape index (κ1) is 24.7. The van der Waals surface area contributed by atoms with Gasteiger partial charge in [0.15, 0.2) is 5.78 Å². The quantitative estimate of drug-likeness (QED) is 0.516. The Balaban J connectivity index is 1.39. The van der Waals surface area contributed by atoms with E-state index in [1.807, 2.05) is 45.0 Å². The van der Waals surface area contributed by atoms with E-state index in [1.54, 1.807) is 18.2 Å². The molecule has 2 aromatic rings. The van der Waals surface area contributed by atoms with Gasteiger partial charge in [-0.1, -0.05) is 30.3 Å². The lowest BCUT2D eigenvalue weighted by molar-refractivity contribution is -0.123. The lowest BCUT2D eigenvalue weighted by Gasteiger charge is -2.32. The highest BCUT2D eigenvalue weighted by molar-refractivity contribution is 5.90. The first-order valence-corrected chi connectivity index (χ1v) is 11.3. The van der Waals surface area contributed by atoms with Gasteiger partial charge in [0, 0.05) is 24.4 Å². The molecule has 1 unspecified atom stereocenters. The van der Waals surface area contributed by atoms with E-state index in [9.17, 15) is 14.0 Å². The fourth-order valence-electron chi connectivity index (χ4n) is 3.60. The second-order valence-electron chi connectivity index (χ2n) is 9.12. The van der Waals surface area contributed by atoms with Gasteiger partial charge in [-0.3, -0.25) is 4.79 Å². The van der Waals surface area contributed by atoms with Crippen LogP contribution in [-0.4, -0.2) is 48.7 Å². The maximum Gasteiger partial charge on any atom is 0.410 e. The molecule has 0 aromatic heterocycles. The number of hydrogen-bond donors (Lipinski definition) is 0. The van der Waals surface area contributed by atoms with Crippen molar-refractivity contribution in [2.75, 3.05) is 26.3 Å². The molecule has 33 heavy (non-hydrogen) atoms. The van der Waals surface area contributed by atoms with Crippen molar-refractivity contribution in [2.45, 2.75) is 51.7 Å². The van der Waals surface area contributed by atoms with Gasteiger partial charge in [-0.25, -0.2) is 9.18 Å². The van der Waals surface area contributed by atoms with Gasteiger partial charge < -0.3 is 19.1 Å². The molecule has 1 aliphatic rings. The fraction of sp³-hybridized carbons (Fsp3) is 0.462. The van der Waals surface area contributed by atoms with Gasteiger partial charge in [0.1, 0.15) is 17.2 Å². The standard InChI is InChI=1S/C26H32FNO5/c1-26(2,3)33-25(30)28-14-13-22(24(29)17-28)19-9-11-21(12-10-19)32-16-6-15-31-18-20-7-4-5-8-23(20)27/h4-5,7-12,22H,6,13-18H2,1-3H3. The van der Waals surface area contributed by atoms with Gasteiger partial charge in [-0.2, -0.15) is 0 Å². The van der Waals surface area contributed by atoms with E-state index < -0.39 is 11.7 Å². The number of halogens is 1. The SMILES string of the molecule is CC(C)(C)OC(=O)N1CCC(c2ccc(OCCCOCc3ccccc3F)cc2)C(=O)C1. The smallest absolute Gasteiger partial charge is 0.410 e. The van der Waals surface area contributed by atoms with Gasteiger partial charge >= 0.3 is 6.09 Å². The molecule has 1 aliphatic heterocycles. The molecular weight excluding hydrogens is 425 g/mol. The Labute approximate surface area is 194 Å². The van der Waals surface area contributed by atoms with E-state index in [0.29, 0.717) is 43.9 Å². The maximum absolute atomic E-state index is 13.5. The number of Topliss-reactive ketones (excluding diaryl/α,β-unsaturated/α-hetero) is 1. The van der Waals surface area contributed by atoms with Crippen LogP contribution >= 0.6 is 0 Å². The van der Waals surface area contributed by atoms with Crippen LogP contribution in [0.3, 0.4) is 0 Å². The molecule has 6 nitrogen and oxygen atoms in total. The molecule has 2 aromatic carbocycles. The highest BCUT2D eigenvalue weighted by Gasteiger charge is 2.32. The van der Waals surface area contributed by atoms with Crippen LogP contribution in [0.15, 0.2) is 48.5 Å². The monoisotopic (exact) mass is 457 g/mol. The van der Waals surface area contributed by atoms with Gasteiger partial charge in [-0.05, 0) is 51.0 Å². The van der Waals surface area contributed by atoms with E-state index in [2.05, 4.69) is 0 Å². The first-order valence-electron chi connectivity index (χ1n) is 11.3. The van der Waals surface area contributed by atoms with Crippen molar-refractivity contribution in [2.24, 2.45) is 0 Å². The van der Waals surface area contributed by atoms with Crippen LogP contribution in [0.1, 0.15) is 50.7 Å². The third-order valence-corrected chi connectivity index (χ3v) is 5.27. The number of nitrogens with zero attached hydrogens (tertiary/aromatic N) is 1. The summed E-state index contributed by atoms with van der Waals surface area (Å²) < 4.78 is 30.2. The second kappa shape index (κ2) is 11.3. The molecule has 178 valence electrons. The summed E-state index contributed by atoms with van der Waals surface area (Å²) in [4.78, 5) is 26.3. The summed E-state index contributed by atoms with van der Waals surface area (Å²) in [6, 6.07) is 14.1. The molecule has 0 radical (unpaired) electrons. The van der Waals surface area contributed by atoms with E-state index in [-0.39, 0.29) is 30.7 Å². The van der Waals surface area contributed by atoms with Gasteiger partial charge in [0.2, 0.25) is 0 Å². The van der Waals surface area contributed by atoms with E-state index in [4.69, 9.17) is 14.2 Å².